The lowest BCUT2D eigenvalue weighted by atomic mass is 10.1. The summed E-state index contributed by atoms with van der Waals surface area (Å²) < 4.78 is 11.6. The molecule has 5 rings (SSSR count). The molecule has 0 saturated heterocycles. The van der Waals surface area contributed by atoms with E-state index in [0.717, 1.165) is 53.8 Å². The van der Waals surface area contributed by atoms with Crippen LogP contribution in [0.25, 0.3) is 22.6 Å². The Bertz CT molecular complexity index is 1130. The lowest BCUT2D eigenvalue weighted by Gasteiger charge is -2.29. The molecule has 2 aromatic heterocycles. The Morgan fingerprint density at radius 2 is 1.87 bits per heavy atom. The van der Waals surface area contributed by atoms with E-state index in [1.54, 1.807) is 0 Å². The van der Waals surface area contributed by atoms with Crippen LogP contribution in [0.3, 0.4) is 0 Å². The van der Waals surface area contributed by atoms with Crippen LogP contribution in [0.1, 0.15) is 55.7 Å². The summed E-state index contributed by atoms with van der Waals surface area (Å²) in [6.45, 7) is 2.01. The molecule has 7 nitrogen and oxygen atoms in total. The Morgan fingerprint density at radius 3 is 2.61 bits per heavy atom. The van der Waals surface area contributed by atoms with Crippen LogP contribution in [0.2, 0.25) is 0 Å². The van der Waals surface area contributed by atoms with Gasteiger partial charge in [0.15, 0.2) is 5.58 Å². The number of para-hydroxylation sites is 2. The Hall–Kier alpha value is -3.03. The minimum Gasteiger partial charge on any atom is -0.436 e. The maximum atomic E-state index is 11.0. The van der Waals surface area contributed by atoms with Gasteiger partial charge in [0.1, 0.15) is 11.7 Å². The molecule has 1 N–H and O–H groups in total. The van der Waals surface area contributed by atoms with Crippen molar-refractivity contribution in [2.24, 2.45) is 0 Å². The Kier molecular flexibility index (Phi) is 5.29. The number of oxazole rings is 1. The number of nitrogens with zero attached hydrogens (tertiary/aromatic N) is 4. The van der Waals surface area contributed by atoms with Crippen LogP contribution in [0.4, 0.5) is 0 Å². The fourth-order valence-corrected chi connectivity index (χ4v) is 4.35. The molecule has 0 amide bonds. The maximum Gasteiger partial charge on any atom is 0.227 e. The molecule has 2 aromatic carbocycles. The van der Waals surface area contributed by atoms with E-state index in [2.05, 4.69) is 15.2 Å². The topological polar surface area (TPSA) is 88.4 Å². The van der Waals surface area contributed by atoms with Gasteiger partial charge in [-0.2, -0.15) is 0 Å². The van der Waals surface area contributed by atoms with E-state index in [0.29, 0.717) is 11.8 Å². The fourth-order valence-electron chi connectivity index (χ4n) is 4.35. The molecule has 7 heteroatoms. The number of aryl methyl sites for hydroxylation is 1. The van der Waals surface area contributed by atoms with E-state index in [-0.39, 0.29) is 12.0 Å². The third-order valence-electron chi connectivity index (χ3n) is 6.25. The third-order valence-corrected chi connectivity index (χ3v) is 6.25. The van der Waals surface area contributed by atoms with Crippen molar-refractivity contribution in [1.82, 2.24) is 20.1 Å². The minimum atomic E-state index is -0.685. The summed E-state index contributed by atoms with van der Waals surface area (Å²) in [6, 6.07) is 15.7. The molecule has 3 unspecified atom stereocenters. The van der Waals surface area contributed by atoms with Crippen LogP contribution in [0, 0.1) is 0 Å². The summed E-state index contributed by atoms with van der Waals surface area (Å²) in [5.41, 5.74) is 3.34. The van der Waals surface area contributed by atoms with Gasteiger partial charge in [0.25, 0.3) is 0 Å². The van der Waals surface area contributed by atoms with Gasteiger partial charge in [-0.05, 0) is 56.1 Å². The minimum absolute atomic E-state index is 0.258. The van der Waals surface area contributed by atoms with Crippen LogP contribution in [0.15, 0.2) is 57.4 Å². The highest BCUT2D eigenvalue weighted by molar-refractivity contribution is 5.75. The van der Waals surface area contributed by atoms with Gasteiger partial charge < -0.3 is 13.9 Å². The zero-order valence-electron chi connectivity index (χ0n) is 17.7. The summed E-state index contributed by atoms with van der Waals surface area (Å²) in [5.74, 6) is 2.25. The second kappa shape index (κ2) is 8.24. The molecule has 160 valence electrons. The lowest BCUT2D eigenvalue weighted by Crippen LogP contribution is -2.33. The van der Waals surface area contributed by atoms with Crippen molar-refractivity contribution in [3.63, 3.8) is 0 Å². The maximum absolute atomic E-state index is 11.0. The molecule has 1 aliphatic rings. The summed E-state index contributed by atoms with van der Waals surface area (Å²) in [6.07, 6.45) is 2.95. The number of fused-ring (bicyclic) bond motifs is 1. The lowest BCUT2D eigenvalue weighted by molar-refractivity contribution is -0.00699. The molecule has 1 fully saturated rings. The highest BCUT2D eigenvalue weighted by Gasteiger charge is 2.34. The van der Waals surface area contributed by atoms with Gasteiger partial charge in [-0.3, -0.25) is 4.90 Å². The van der Waals surface area contributed by atoms with Gasteiger partial charge in [-0.25, -0.2) is 4.98 Å². The van der Waals surface area contributed by atoms with Gasteiger partial charge >= 0.3 is 0 Å². The SMILES string of the molecule is CCc1nnc(C2CCC(N(C)C(O)c3ccc(-c4nc5ccccc5o4)cc3)C2)o1. The smallest absolute Gasteiger partial charge is 0.227 e. The number of rotatable bonds is 6. The third kappa shape index (κ3) is 3.86. The number of aromatic nitrogens is 3. The highest BCUT2D eigenvalue weighted by atomic mass is 16.4. The first kappa shape index (κ1) is 19.9. The molecule has 0 bridgehead atoms. The Labute approximate surface area is 180 Å². The molecule has 4 aromatic rings. The van der Waals surface area contributed by atoms with E-state index < -0.39 is 6.23 Å². The zero-order valence-corrected chi connectivity index (χ0v) is 17.7. The highest BCUT2D eigenvalue weighted by Crippen LogP contribution is 2.38. The molecule has 31 heavy (non-hydrogen) atoms. The molecule has 1 saturated carbocycles. The van der Waals surface area contributed by atoms with E-state index in [4.69, 9.17) is 8.83 Å². The number of benzene rings is 2. The first-order chi connectivity index (χ1) is 15.1. The van der Waals surface area contributed by atoms with Crippen LogP contribution in [-0.4, -0.2) is 38.3 Å². The van der Waals surface area contributed by atoms with Gasteiger partial charge in [0, 0.05) is 23.9 Å². The first-order valence-corrected chi connectivity index (χ1v) is 10.8. The largest absolute Gasteiger partial charge is 0.436 e. The molecule has 0 spiro atoms. The van der Waals surface area contributed by atoms with Crippen molar-refractivity contribution >= 4 is 11.1 Å². The van der Waals surface area contributed by atoms with Crippen LogP contribution in [0.5, 0.6) is 0 Å². The number of aliphatic hydroxyl groups excluding tert-OH is 1. The van der Waals surface area contributed by atoms with Gasteiger partial charge in [-0.15, -0.1) is 10.2 Å². The fraction of sp³-hybridized carbons (Fsp3) is 0.375. The molecular weight excluding hydrogens is 392 g/mol. The molecule has 2 heterocycles. The van der Waals surface area contributed by atoms with Crippen molar-refractivity contribution in [2.45, 2.75) is 50.8 Å². The molecule has 1 aliphatic carbocycles. The monoisotopic (exact) mass is 418 g/mol. The quantitative estimate of drug-likeness (QED) is 0.454. The summed E-state index contributed by atoms with van der Waals surface area (Å²) in [7, 11) is 1.97. The van der Waals surface area contributed by atoms with E-state index in [1.807, 2.05) is 67.4 Å². The Balaban J connectivity index is 1.26. The average Bonchev–Trinajstić information content (AvgIpc) is 3.56. The predicted octanol–water partition coefficient (Wildman–Crippen LogP) is 4.70. The van der Waals surface area contributed by atoms with Crippen LogP contribution in [-0.2, 0) is 6.42 Å². The molecule has 0 radical (unpaired) electrons. The zero-order chi connectivity index (χ0) is 21.4. The van der Waals surface area contributed by atoms with Crippen LogP contribution >= 0.6 is 0 Å². The van der Waals surface area contributed by atoms with Crippen molar-refractivity contribution < 1.29 is 13.9 Å². The second-order valence-corrected chi connectivity index (χ2v) is 8.20. The van der Waals surface area contributed by atoms with E-state index >= 15 is 0 Å². The van der Waals surface area contributed by atoms with Gasteiger partial charge in [0.2, 0.25) is 17.7 Å². The molecule has 3 atom stereocenters. The first-order valence-electron chi connectivity index (χ1n) is 10.8. The summed E-state index contributed by atoms with van der Waals surface area (Å²) in [5, 5.41) is 19.3. The van der Waals surface area contributed by atoms with Crippen molar-refractivity contribution in [3.05, 3.63) is 65.9 Å². The second-order valence-electron chi connectivity index (χ2n) is 8.20. The normalized spacial score (nSPS) is 20.0. The average molecular weight is 418 g/mol. The number of aliphatic hydroxyl groups is 1. The summed E-state index contributed by atoms with van der Waals surface area (Å²) >= 11 is 0. The number of hydrogen-bond acceptors (Lipinski definition) is 7. The predicted molar refractivity (Wildman–Crippen MR) is 116 cm³/mol. The van der Waals surface area contributed by atoms with Crippen molar-refractivity contribution in [3.8, 4) is 11.5 Å². The summed E-state index contributed by atoms with van der Waals surface area (Å²) in [4.78, 5) is 6.57. The van der Waals surface area contributed by atoms with Crippen molar-refractivity contribution in [2.75, 3.05) is 7.05 Å². The molecule has 0 aliphatic heterocycles. The van der Waals surface area contributed by atoms with Gasteiger partial charge in [-0.1, -0.05) is 31.2 Å². The molecular formula is C24H26N4O3. The van der Waals surface area contributed by atoms with Crippen LogP contribution < -0.4 is 0 Å². The van der Waals surface area contributed by atoms with E-state index in [9.17, 15) is 5.11 Å². The number of hydrogen-bond donors (Lipinski definition) is 1. The van der Waals surface area contributed by atoms with Gasteiger partial charge in [0.05, 0.1) is 0 Å². The van der Waals surface area contributed by atoms with Crippen molar-refractivity contribution in [1.29, 1.82) is 0 Å². The standard InChI is InChI=1S/C24H26N4O3/c1-3-21-26-27-23(31-21)17-12-13-18(14-17)28(2)24(29)16-10-8-15(9-11-16)22-25-19-6-4-5-7-20(19)30-22/h4-11,17-18,24,29H,3,12-14H2,1-2H3. The van der Waals surface area contributed by atoms with E-state index in [1.165, 1.54) is 0 Å². The Morgan fingerprint density at radius 1 is 1.06 bits per heavy atom.